The van der Waals surface area contributed by atoms with Gasteiger partial charge >= 0.3 is 6.09 Å². The molecular weight excluding hydrogens is 408 g/mol. The number of benzene rings is 1. The molecule has 1 fully saturated rings. The van der Waals surface area contributed by atoms with E-state index in [1.807, 2.05) is 0 Å². The van der Waals surface area contributed by atoms with Gasteiger partial charge in [0.25, 0.3) is 5.91 Å². The van der Waals surface area contributed by atoms with Gasteiger partial charge in [0.1, 0.15) is 0 Å². The van der Waals surface area contributed by atoms with Crippen LogP contribution in [0, 0.1) is 5.95 Å². The summed E-state index contributed by atoms with van der Waals surface area (Å²) in [6.07, 6.45) is -0.188. The van der Waals surface area contributed by atoms with Crippen molar-refractivity contribution >= 4 is 35.2 Å². The topological polar surface area (TPSA) is 82.5 Å². The van der Waals surface area contributed by atoms with Crippen LogP contribution in [0.5, 0.6) is 0 Å². The Morgan fingerprint density at radius 1 is 1.21 bits per heavy atom. The number of amides is 2. The van der Waals surface area contributed by atoms with Gasteiger partial charge in [-0.05, 0) is 43.2 Å². The highest BCUT2D eigenvalue weighted by molar-refractivity contribution is 6.36. The Morgan fingerprint density at radius 2 is 1.93 bits per heavy atom. The normalized spacial score (nSPS) is 15.9. The molecule has 1 aliphatic heterocycles. The lowest BCUT2D eigenvalue weighted by atomic mass is 9.75. The number of piperidine rings is 1. The molecule has 0 unspecified atom stereocenters. The maximum absolute atomic E-state index is 13.7. The first-order valence-corrected chi connectivity index (χ1v) is 9.40. The van der Waals surface area contributed by atoms with Crippen LogP contribution in [0.2, 0.25) is 10.0 Å². The molecule has 9 heteroatoms. The van der Waals surface area contributed by atoms with E-state index in [9.17, 15) is 19.1 Å². The Bertz CT molecular complexity index is 902. The van der Waals surface area contributed by atoms with E-state index in [1.165, 1.54) is 23.1 Å². The van der Waals surface area contributed by atoms with Gasteiger partial charge in [-0.15, -0.1) is 0 Å². The maximum atomic E-state index is 13.7. The molecule has 0 radical (unpaired) electrons. The molecule has 1 aliphatic rings. The van der Waals surface area contributed by atoms with E-state index in [-0.39, 0.29) is 30.2 Å². The molecule has 1 aromatic carbocycles. The molecular formula is C19H18Cl2FN3O3. The first-order valence-electron chi connectivity index (χ1n) is 8.65. The summed E-state index contributed by atoms with van der Waals surface area (Å²) in [5.74, 6) is -1.01. The first-order chi connectivity index (χ1) is 13.3. The van der Waals surface area contributed by atoms with E-state index in [0.29, 0.717) is 23.6 Å². The third kappa shape index (κ3) is 4.36. The Labute approximate surface area is 171 Å². The van der Waals surface area contributed by atoms with E-state index in [1.54, 1.807) is 18.2 Å². The quantitative estimate of drug-likeness (QED) is 0.725. The number of pyridine rings is 1. The average Bonchev–Trinajstić information content (AvgIpc) is 2.66. The molecule has 0 aliphatic carbocycles. The van der Waals surface area contributed by atoms with Crippen molar-refractivity contribution in [3.63, 3.8) is 0 Å². The second-order valence-electron chi connectivity index (χ2n) is 6.70. The average molecular weight is 426 g/mol. The number of carbonyl (C=O) groups is 2. The number of carboxylic acid groups (broad SMARTS) is 1. The van der Waals surface area contributed by atoms with Gasteiger partial charge in [-0.1, -0.05) is 29.3 Å². The molecule has 6 nitrogen and oxygen atoms in total. The van der Waals surface area contributed by atoms with Crippen LogP contribution < -0.4 is 5.32 Å². The molecule has 148 valence electrons. The third-order valence-electron chi connectivity index (χ3n) is 5.01. The molecule has 2 amide bonds. The summed E-state index contributed by atoms with van der Waals surface area (Å²) in [5.41, 5.74) is 0.0826. The van der Waals surface area contributed by atoms with Gasteiger partial charge in [0.2, 0.25) is 5.95 Å². The van der Waals surface area contributed by atoms with Gasteiger partial charge in [-0.25, -0.2) is 9.78 Å². The lowest BCUT2D eigenvalue weighted by Gasteiger charge is -2.40. The zero-order valence-electron chi connectivity index (χ0n) is 14.8. The minimum absolute atomic E-state index is 0.175. The molecule has 2 heterocycles. The molecule has 28 heavy (non-hydrogen) atoms. The Balaban J connectivity index is 1.82. The SMILES string of the molecule is O=C(NCC1(c2cccc(F)n2)CCN(C(=O)O)CC1)c1ccc(Cl)cc1Cl. The second kappa shape index (κ2) is 8.32. The zero-order valence-corrected chi connectivity index (χ0v) is 16.3. The van der Waals surface area contributed by atoms with Crippen molar-refractivity contribution < 1.29 is 19.1 Å². The van der Waals surface area contributed by atoms with Crippen LogP contribution in [0.25, 0.3) is 0 Å². The van der Waals surface area contributed by atoms with Gasteiger partial charge in [0.05, 0.1) is 16.3 Å². The molecule has 1 aromatic heterocycles. The highest BCUT2D eigenvalue weighted by Gasteiger charge is 2.39. The number of aromatic nitrogens is 1. The summed E-state index contributed by atoms with van der Waals surface area (Å²) in [7, 11) is 0. The minimum Gasteiger partial charge on any atom is -0.465 e. The monoisotopic (exact) mass is 425 g/mol. The number of rotatable bonds is 4. The van der Waals surface area contributed by atoms with Crippen LogP contribution in [0.15, 0.2) is 36.4 Å². The summed E-state index contributed by atoms with van der Waals surface area (Å²) in [4.78, 5) is 29.1. The van der Waals surface area contributed by atoms with Crippen LogP contribution in [0.1, 0.15) is 28.9 Å². The minimum atomic E-state index is -1.00. The standard InChI is InChI=1S/C19H18Cl2FN3O3/c20-12-4-5-13(14(21)10-12)17(26)23-11-19(15-2-1-3-16(22)24-15)6-8-25(9-7-19)18(27)28/h1-5,10H,6-9,11H2,(H,23,26)(H,27,28). The van der Waals surface area contributed by atoms with E-state index < -0.39 is 23.4 Å². The largest absolute Gasteiger partial charge is 0.465 e. The van der Waals surface area contributed by atoms with E-state index in [2.05, 4.69) is 10.3 Å². The van der Waals surface area contributed by atoms with Crippen molar-refractivity contribution in [3.8, 4) is 0 Å². The molecule has 3 rings (SSSR count). The van der Waals surface area contributed by atoms with Crippen molar-refractivity contribution in [3.05, 3.63) is 63.6 Å². The molecule has 0 spiro atoms. The summed E-state index contributed by atoms with van der Waals surface area (Å²) >= 11 is 12.0. The van der Waals surface area contributed by atoms with E-state index in [0.717, 1.165) is 0 Å². The van der Waals surface area contributed by atoms with Gasteiger partial charge in [-0.3, -0.25) is 4.79 Å². The van der Waals surface area contributed by atoms with Crippen LogP contribution in [0.4, 0.5) is 9.18 Å². The number of nitrogens with one attached hydrogen (secondary N) is 1. The molecule has 1 saturated heterocycles. The van der Waals surface area contributed by atoms with Crippen LogP contribution in [-0.2, 0) is 5.41 Å². The van der Waals surface area contributed by atoms with Crippen molar-refractivity contribution in [2.75, 3.05) is 19.6 Å². The molecule has 0 saturated carbocycles. The Hall–Kier alpha value is -2.38. The fourth-order valence-corrected chi connectivity index (χ4v) is 3.87. The lowest BCUT2D eigenvalue weighted by Crippen LogP contribution is -2.50. The Morgan fingerprint density at radius 3 is 2.54 bits per heavy atom. The molecule has 0 atom stereocenters. The molecule has 2 aromatic rings. The van der Waals surface area contributed by atoms with Gasteiger partial charge in [0.15, 0.2) is 0 Å². The lowest BCUT2D eigenvalue weighted by molar-refractivity contribution is 0.0905. The van der Waals surface area contributed by atoms with Crippen molar-refractivity contribution in [2.45, 2.75) is 18.3 Å². The number of likely N-dealkylation sites (tertiary alicyclic amines) is 1. The van der Waals surface area contributed by atoms with Crippen molar-refractivity contribution in [2.24, 2.45) is 0 Å². The summed E-state index contributed by atoms with van der Waals surface area (Å²) < 4.78 is 13.7. The summed E-state index contributed by atoms with van der Waals surface area (Å²) in [6.45, 7) is 0.713. The first kappa shape index (κ1) is 20.4. The van der Waals surface area contributed by atoms with E-state index >= 15 is 0 Å². The number of carbonyl (C=O) groups excluding carboxylic acids is 1. The van der Waals surface area contributed by atoms with Gasteiger partial charge in [-0.2, -0.15) is 4.39 Å². The smallest absolute Gasteiger partial charge is 0.407 e. The number of halogens is 3. The fourth-order valence-electron chi connectivity index (χ4n) is 3.37. The van der Waals surface area contributed by atoms with Gasteiger partial charge < -0.3 is 15.3 Å². The van der Waals surface area contributed by atoms with Crippen molar-refractivity contribution in [1.82, 2.24) is 15.2 Å². The molecule has 2 N–H and O–H groups in total. The number of nitrogens with zero attached hydrogens (tertiary/aromatic N) is 2. The van der Waals surface area contributed by atoms with Crippen LogP contribution >= 0.6 is 23.2 Å². The third-order valence-corrected chi connectivity index (χ3v) is 5.56. The highest BCUT2D eigenvalue weighted by atomic mass is 35.5. The van der Waals surface area contributed by atoms with Crippen LogP contribution in [-0.4, -0.2) is 46.6 Å². The number of hydrogen-bond donors (Lipinski definition) is 2. The fraction of sp³-hybridized carbons (Fsp3) is 0.316. The molecule has 0 bridgehead atoms. The van der Waals surface area contributed by atoms with Gasteiger partial charge in [0, 0.05) is 30.1 Å². The maximum Gasteiger partial charge on any atom is 0.407 e. The second-order valence-corrected chi connectivity index (χ2v) is 7.55. The Kier molecular flexibility index (Phi) is 6.05. The highest BCUT2D eigenvalue weighted by Crippen LogP contribution is 2.34. The van der Waals surface area contributed by atoms with Crippen LogP contribution in [0.3, 0.4) is 0 Å². The predicted octanol–water partition coefficient (Wildman–Crippen LogP) is 3.97. The van der Waals surface area contributed by atoms with E-state index in [4.69, 9.17) is 23.2 Å². The summed E-state index contributed by atoms with van der Waals surface area (Å²) in [5, 5.41) is 12.7. The zero-order chi connectivity index (χ0) is 20.3. The summed E-state index contributed by atoms with van der Waals surface area (Å²) in [6, 6.07) is 9.07. The predicted molar refractivity (Wildman–Crippen MR) is 104 cm³/mol. The number of hydrogen-bond acceptors (Lipinski definition) is 3. The van der Waals surface area contributed by atoms with Crippen molar-refractivity contribution in [1.29, 1.82) is 0 Å².